The fraction of sp³-hybridized carbons (Fsp3) is 0.179. The van der Waals surface area contributed by atoms with Crippen molar-refractivity contribution in [2.24, 2.45) is 5.18 Å². The molecule has 3 N–H and O–H groups in total. The Morgan fingerprint density at radius 1 is 0.729 bits per heavy atom. The lowest BCUT2D eigenvalue weighted by molar-refractivity contribution is -0.110. The number of fused-ring (bicyclic) bond motifs is 4. The predicted octanol–water partition coefficient (Wildman–Crippen LogP) is 8.82. The first-order chi connectivity index (χ1) is 21.9. The highest BCUT2D eigenvalue weighted by atomic mass is 16.5. The van der Waals surface area contributed by atoms with Crippen molar-refractivity contribution in [3.8, 4) is 17.4 Å². The Morgan fingerprint density at radius 3 is 2.00 bits per heavy atom. The number of aromatic nitrogens is 1. The van der Waals surface area contributed by atoms with E-state index in [2.05, 4.69) is 15.5 Å². The van der Waals surface area contributed by atoms with Gasteiger partial charge in [-0.05, 0) is 58.3 Å². The van der Waals surface area contributed by atoms with Gasteiger partial charge in [0.25, 0.3) is 5.91 Å². The molecule has 0 spiro atoms. The number of hydrogen-bond acceptors (Lipinski definition) is 7. The van der Waals surface area contributed by atoms with Crippen LogP contribution in [-0.2, 0) is 17.6 Å². The van der Waals surface area contributed by atoms with Crippen molar-refractivity contribution in [2.45, 2.75) is 35.1 Å². The summed E-state index contributed by atoms with van der Waals surface area (Å²) in [7, 11) is 3.17. The normalized spacial score (nSPS) is 15.1. The summed E-state index contributed by atoms with van der Waals surface area (Å²) in [5.41, 5.74) is 8.53. The fourth-order valence-corrected chi connectivity index (χ4v) is 6.35. The number of nitroso groups, excluding NO2 is 1. The molecule has 5 aromatic rings. The van der Waals surface area contributed by atoms with E-state index in [0.29, 0.717) is 52.3 Å². The number of benzene rings is 4. The van der Waals surface area contributed by atoms with E-state index in [-0.39, 0.29) is 39.9 Å². The minimum absolute atomic E-state index is 0. The number of ether oxygens (including phenoxy) is 2. The summed E-state index contributed by atoms with van der Waals surface area (Å²) in [5.74, 6) is 1.11. The molecule has 48 heavy (non-hydrogen) atoms. The van der Waals surface area contributed by atoms with Crippen LogP contribution in [0.3, 0.4) is 0 Å². The van der Waals surface area contributed by atoms with Gasteiger partial charge in [0.1, 0.15) is 17.2 Å². The van der Waals surface area contributed by atoms with Gasteiger partial charge in [0.05, 0.1) is 19.8 Å². The molecule has 0 atom stereocenters. The molecule has 2 heterocycles. The number of aromatic amines is 1. The lowest BCUT2D eigenvalue weighted by atomic mass is 9.98. The first kappa shape index (κ1) is 34.9. The SMILES string of the molecule is C.C.C.COc1ccc2[nH]c(O)c(C3=C(N=O)c4ccccc4C3)c2c1.COc1ccc2c(c1)/C(=C1/Cc3ccccc3C1=O)C(=O)N2. The van der Waals surface area contributed by atoms with Gasteiger partial charge in [-0.25, -0.2) is 0 Å². The molecule has 9 heteroatoms. The van der Waals surface area contributed by atoms with Gasteiger partial charge in [0, 0.05) is 57.3 Å². The van der Waals surface area contributed by atoms with Crippen LogP contribution in [0.4, 0.5) is 5.69 Å². The molecule has 1 aromatic heterocycles. The van der Waals surface area contributed by atoms with Crippen molar-refractivity contribution >= 4 is 45.1 Å². The number of ketones is 1. The first-order valence-corrected chi connectivity index (χ1v) is 14.3. The smallest absolute Gasteiger partial charge is 0.256 e. The molecule has 0 bridgehead atoms. The Kier molecular flexibility index (Phi) is 10.0. The zero-order valence-corrected chi connectivity index (χ0v) is 24.4. The zero-order chi connectivity index (χ0) is 31.2. The lowest BCUT2D eigenvalue weighted by Crippen LogP contribution is -2.09. The van der Waals surface area contributed by atoms with Gasteiger partial charge < -0.3 is 24.9 Å². The van der Waals surface area contributed by atoms with Gasteiger partial charge in [-0.1, -0.05) is 70.8 Å². The van der Waals surface area contributed by atoms with Crippen LogP contribution in [0.1, 0.15) is 60.5 Å². The number of methoxy groups -OCH3 is 2. The largest absolute Gasteiger partial charge is 0.497 e. The van der Waals surface area contributed by atoms with Crippen LogP contribution in [0.25, 0.3) is 27.7 Å². The summed E-state index contributed by atoms with van der Waals surface area (Å²) in [4.78, 5) is 39.3. The minimum atomic E-state index is -0.223. The minimum Gasteiger partial charge on any atom is -0.497 e. The van der Waals surface area contributed by atoms with Crippen molar-refractivity contribution in [1.29, 1.82) is 0 Å². The number of allylic oxidation sites excluding steroid dienone is 2. The van der Waals surface area contributed by atoms with Gasteiger partial charge in [-0.3, -0.25) is 9.59 Å². The Hall–Kier alpha value is -5.96. The van der Waals surface area contributed by atoms with Crippen LogP contribution in [0, 0.1) is 4.91 Å². The summed E-state index contributed by atoms with van der Waals surface area (Å²) < 4.78 is 10.5. The van der Waals surface area contributed by atoms with Gasteiger partial charge >= 0.3 is 0 Å². The van der Waals surface area contributed by atoms with E-state index in [0.717, 1.165) is 44.4 Å². The number of nitrogens with zero attached hydrogens (tertiary/aromatic N) is 1. The van der Waals surface area contributed by atoms with E-state index in [1.54, 1.807) is 32.4 Å². The van der Waals surface area contributed by atoms with Crippen molar-refractivity contribution < 1.29 is 24.2 Å². The monoisotopic (exact) mass is 645 g/mol. The maximum absolute atomic E-state index is 12.6. The molecular formula is C39H39N3O6. The van der Waals surface area contributed by atoms with E-state index < -0.39 is 0 Å². The maximum atomic E-state index is 12.6. The summed E-state index contributed by atoms with van der Waals surface area (Å²) in [6, 6.07) is 26.0. The molecule has 0 radical (unpaired) electrons. The third kappa shape index (κ3) is 5.64. The van der Waals surface area contributed by atoms with E-state index in [1.807, 2.05) is 66.7 Å². The number of hydrogen-bond donors (Lipinski definition) is 3. The summed E-state index contributed by atoms with van der Waals surface area (Å²) >= 11 is 0. The molecule has 0 saturated heterocycles. The van der Waals surface area contributed by atoms with E-state index in [4.69, 9.17) is 9.47 Å². The summed E-state index contributed by atoms with van der Waals surface area (Å²) in [6.07, 6.45) is 1.06. The Labute approximate surface area is 279 Å². The van der Waals surface area contributed by atoms with Crippen molar-refractivity contribution in [2.75, 3.05) is 19.5 Å². The highest BCUT2D eigenvalue weighted by Crippen LogP contribution is 2.45. The van der Waals surface area contributed by atoms with Crippen LogP contribution in [0.2, 0.25) is 0 Å². The molecule has 2 aliphatic carbocycles. The summed E-state index contributed by atoms with van der Waals surface area (Å²) in [5, 5.41) is 17.2. The van der Waals surface area contributed by atoms with Crippen molar-refractivity contribution in [3.63, 3.8) is 0 Å². The zero-order valence-electron chi connectivity index (χ0n) is 24.4. The van der Waals surface area contributed by atoms with Crippen LogP contribution >= 0.6 is 0 Å². The molecule has 1 aliphatic heterocycles. The van der Waals surface area contributed by atoms with Crippen LogP contribution in [0.15, 0.2) is 95.7 Å². The maximum Gasteiger partial charge on any atom is 0.256 e. The number of rotatable bonds is 4. The molecule has 0 fully saturated rings. The van der Waals surface area contributed by atoms with E-state index in [9.17, 15) is 19.6 Å². The average molecular weight is 646 g/mol. The lowest BCUT2D eigenvalue weighted by Gasteiger charge is -2.04. The number of aromatic hydroxyl groups is 1. The third-order valence-electron chi connectivity index (χ3n) is 8.48. The molecule has 9 nitrogen and oxygen atoms in total. The van der Waals surface area contributed by atoms with Crippen LogP contribution in [0.5, 0.6) is 17.4 Å². The quantitative estimate of drug-likeness (QED) is 0.132. The Bertz CT molecular complexity index is 2140. The summed E-state index contributed by atoms with van der Waals surface area (Å²) in [6.45, 7) is 0. The second-order valence-corrected chi connectivity index (χ2v) is 10.9. The van der Waals surface area contributed by atoms with Crippen LogP contribution in [-0.4, -0.2) is 36.0 Å². The molecule has 246 valence electrons. The fourth-order valence-electron chi connectivity index (χ4n) is 6.35. The van der Waals surface area contributed by atoms with Crippen LogP contribution < -0.4 is 14.8 Å². The van der Waals surface area contributed by atoms with Gasteiger partial charge in [-0.2, -0.15) is 0 Å². The predicted molar refractivity (Wildman–Crippen MR) is 192 cm³/mol. The standard InChI is InChI=1S/C18H14N2O3.C18H13NO3.3CH4/c1-23-11-6-7-15-13(9-11)16(18(21)19-15)14-8-10-4-2-3-5-12(10)17(14)20-22;1-22-11-6-7-15-13(9-11)16(18(21)19-15)14-8-10-4-2-3-5-12(10)17(14)20;;;/h2-7,9,19,21H,8H2,1H3;2-7,9H,8H2,1H3,(H,19,21);3*1H4/b;16-14+;;;. The number of carbonyl (C=O) groups is 2. The highest BCUT2D eigenvalue weighted by Gasteiger charge is 2.35. The second-order valence-electron chi connectivity index (χ2n) is 10.9. The van der Waals surface area contributed by atoms with Crippen molar-refractivity contribution in [3.05, 3.63) is 129 Å². The van der Waals surface area contributed by atoms with Gasteiger partial charge in [0.15, 0.2) is 11.7 Å². The number of carbonyl (C=O) groups excluding carboxylic acids is 2. The Morgan fingerprint density at radius 2 is 1.33 bits per heavy atom. The van der Waals surface area contributed by atoms with E-state index >= 15 is 0 Å². The average Bonchev–Trinajstić information content (AvgIpc) is 3.79. The van der Waals surface area contributed by atoms with Gasteiger partial charge in [-0.15, -0.1) is 4.91 Å². The Balaban J connectivity index is 0.000000204. The number of amides is 1. The molecule has 0 saturated carbocycles. The van der Waals surface area contributed by atoms with Gasteiger partial charge in [0.2, 0.25) is 0 Å². The number of nitrogens with one attached hydrogen (secondary N) is 2. The second kappa shape index (κ2) is 13.8. The molecule has 8 rings (SSSR count). The number of Topliss-reactive ketones (excluding diaryl/α,β-unsaturated/α-hetero) is 1. The molecule has 4 aromatic carbocycles. The first-order valence-electron chi connectivity index (χ1n) is 14.3. The number of H-pyrrole nitrogens is 1. The van der Waals surface area contributed by atoms with Crippen molar-refractivity contribution in [1.82, 2.24) is 4.98 Å². The molecule has 1 amide bonds. The topological polar surface area (TPSA) is 130 Å². The molecule has 0 unspecified atom stereocenters. The number of anilines is 1. The third-order valence-corrected chi connectivity index (χ3v) is 8.48. The highest BCUT2D eigenvalue weighted by molar-refractivity contribution is 6.37. The molecular weight excluding hydrogens is 606 g/mol. The molecule has 3 aliphatic rings. The van der Waals surface area contributed by atoms with E-state index in [1.165, 1.54) is 0 Å².